The predicted molar refractivity (Wildman–Crippen MR) is 105 cm³/mol. The van der Waals surface area contributed by atoms with Crippen molar-refractivity contribution in [1.82, 2.24) is 9.80 Å². The summed E-state index contributed by atoms with van der Waals surface area (Å²) in [6, 6.07) is 16.2. The van der Waals surface area contributed by atoms with Crippen LogP contribution in [0, 0.1) is 0 Å². The van der Waals surface area contributed by atoms with Gasteiger partial charge in [-0.3, -0.25) is 4.90 Å². The van der Waals surface area contributed by atoms with Gasteiger partial charge in [0.15, 0.2) is 0 Å². The van der Waals surface area contributed by atoms with Crippen molar-refractivity contribution in [3.05, 3.63) is 48.5 Å². The van der Waals surface area contributed by atoms with Crippen molar-refractivity contribution < 1.29 is 4.79 Å². The monoisotopic (exact) mass is 355 g/mol. The van der Waals surface area contributed by atoms with Crippen LogP contribution in [-0.2, 0) is 0 Å². The summed E-state index contributed by atoms with van der Waals surface area (Å²) in [5, 5.41) is 0. The maximum absolute atomic E-state index is 13.2. The topological polar surface area (TPSA) is 26.8 Å². The van der Waals surface area contributed by atoms with Crippen LogP contribution >= 0.6 is 11.8 Å². The Hall–Kier alpha value is -1.98. The molecule has 0 aromatic heterocycles. The minimum Gasteiger partial charge on any atom is -0.326 e. The molecule has 0 bridgehead atoms. The van der Waals surface area contributed by atoms with E-state index in [1.807, 2.05) is 53.2 Å². The Bertz CT molecular complexity index is 700. The Kier molecular flexibility index (Phi) is 5.66. The van der Waals surface area contributed by atoms with Crippen molar-refractivity contribution in [2.24, 2.45) is 0 Å². The third kappa shape index (κ3) is 3.67. The van der Waals surface area contributed by atoms with Crippen molar-refractivity contribution in [2.75, 3.05) is 38.1 Å². The number of likely N-dealkylation sites (N-methyl/N-ethyl adjacent to an activating group) is 2. The lowest BCUT2D eigenvalue weighted by atomic mass is 10.2. The van der Waals surface area contributed by atoms with Crippen LogP contribution in [0.2, 0.25) is 0 Å². The summed E-state index contributed by atoms with van der Waals surface area (Å²) >= 11 is 1.72. The van der Waals surface area contributed by atoms with Gasteiger partial charge in [-0.05, 0) is 37.4 Å². The van der Waals surface area contributed by atoms with E-state index in [0.29, 0.717) is 6.54 Å². The van der Waals surface area contributed by atoms with E-state index in [1.165, 1.54) is 0 Å². The quantitative estimate of drug-likeness (QED) is 0.779. The number of carbonyl (C=O) groups is 1. The summed E-state index contributed by atoms with van der Waals surface area (Å²) in [7, 11) is 1.89. The van der Waals surface area contributed by atoms with Crippen molar-refractivity contribution >= 4 is 29.2 Å². The van der Waals surface area contributed by atoms with E-state index in [4.69, 9.17) is 0 Å². The molecular formula is C20H25N3OS. The fraction of sp³-hybridized carbons (Fsp3) is 0.350. The number of hydrogen-bond acceptors (Lipinski definition) is 3. The van der Waals surface area contributed by atoms with Crippen LogP contribution in [0.15, 0.2) is 58.3 Å². The van der Waals surface area contributed by atoms with Gasteiger partial charge in [0.05, 0.1) is 11.4 Å². The lowest BCUT2D eigenvalue weighted by molar-refractivity contribution is 0.205. The van der Waals surface area contributed by atoms with Crippen molar-refractivity contribution in [3.63, 3.8) is 0 Å². The normalized spacial score (nSPS) is 12.7. The molecule has 5 heteroatoms. The smallest absolute Gasteiger partial charge is 0.326 e. The summed E-state index contributed by atoms with van der Waals surface area (Å²) in [5.74, 6) is 0. The molecule has 0 unspecified atom stereocenters. The van der Waals surface area contributed by atoms with Gasteiger partial charge >= 0.3 is 6.03 Å². The van der Waals surface area contributed by atoms with Gasteiger partial charge in [-0.2, -0.15) is 0 Å². The highest BCUT2D eigenvalue weighted by Crippen LogP contribution is 2.48. The van der Waals surface area contributed by atoms with Crippen molar-refractivity contribution in [3.8, 4) is 0 Å². The molecule has 0 N–H and O–H groups in total. The standard InChI is InChI=1S/C20H25N3OS/c1-4-22(5-2)15-14-21(3)20(24)23-16-10-6-8-12-18(16)25-19-13-9-7-11-17(19)23/h6-13H,4-5,14-15H2,1-3H3. The number of nitrogens with zero attached hydrogens (tertiary/aromatic N) is 3. The maximum Gasteiger partial charge on any atom is 0.328 e. The molecule has 1 aliphatic rings. The lowest BCUT2D eigenvalue weighted by Crippen LogP contribution is -2.43. The number of anilines is 2. The highest BCUT2D eigenvalue weighted by atomic mass is 32.2. The van der Waals surface area contributed by atoms with Gasteiger partial charge in [0.1, 0.15) is 0 Å². The van der Waals surface area contributed by atoms with Crippen LogP contribution in [0.25, 0.3) is 0 Å². The highest BCUT2D eigenvalue weighted by Gasteiger charge is 2.29. The third-order valence-electron chi connectivity index (χ3n) is 4.60. The SMILES string of the molecule is CCN(CC)CCN(C)C(=O)N1c2ccccc2Sc2ccccc21. The van der Waals surface area contributed by atoms with E-state index in [1.54, 1.807) is 11.8 Å². The van der Waals surface area contributed by atoms with Gasteiger partial charge in [-0.25, -0.2) is 4.79 Å². The summed E-state index contributed by atoms with van der Waals surface area (Å²) in [6.45, 7) is 7.92. The molecule has 4 nitrogen and oxygen atoms in total. The summed E-state index contributed by atoms with van der Waals surface area (Å²) in [4.78, 5) is 21.5. The zero-order valence-corrected chi connectivity index (χ0v) is 15.9. The Labute approximate surface area is 154 Å². The van der Waals surface area contributed by atoms with E-state index < -0.39 is 0 Å². The van der Waals surface area contributed by atoms with Crippen molar-refractivity contribution in [1.29, 1.82) is 0 Å². The number of rotatable bonds is 5. The number of amides is 2. The number of para-hydroxylation sites is 2. The molecule has 25 heavy (non-hydrogen) atoms. The van der Waals surface area contributed by atoms with E-state index in [-0.39, 0.29) is 6.03 Å². The molecule has 0 radical (unpaired) electrons. The van der Waals surface area contributed by atoms with E-state index in [0.717, 1.165) is 40.8 Å². The van der Waals surface area contributed by atoms with Gasteiger partial charge < -0.3 is 9.80 Å². The zero-order valence-electron chi connectivity index (χ0n) is 15.1. The molecule has 0 saturated carbocycles. The highest BCUT2D eigenvalue weighted by molar-refractivity contribution is 7.99. The molecular weight excluding hydrogens is 330 g/mol. The molecule has 2 amide bonds. The van der Waals surface area contributed by atoms with Crippen LogP contribution < -0.4 is 4.90 Å². The second-order valence-corrected chi connectivity index (χ2v) is 7.19. The zero-order chi connectivity index (χ0) is 17.8. The van der Waals surface area contributed by atoms with Crippen LogP contribution in [0.5, 0.6) is 0 Å². The molecule has 0 saturated heterocycles. The first kappa shape index (κ1) is 17.8. The number of benzene rings is 2. The summed E-state index contributed by atoms with van der Waals surface area (Å²) in [6.07, 6.45) is 0. The van der Waals surface area contributed by atoms with Crippen LogP contribution in [0.3, 0.4) is 0 Å². The molecule has 2 aromatic rings. The lowest BCUT2D eigenvalue weighted by Gasteiger charge is -2.34. The Morgan fingerprint density at radius 1 is 0.920 bits per heavy atom. The fourth-order valence-electron chi connectivity index (χ4n) is 3.01. The van der Waals surface area contributed by atoms with Crippen LogP contribution in [0.4, 0.5) is 16.2 Å². The van der Waals surface area contributed by atoms with Gasteiger partial charge in [-0.1, -0.05) is 49.9 Å². The Morgan fingerprint density at radius 2 is 1.44 bits per heavy atom. The number of urea groups is 1. The van der Waals surface area contributed by atoms with Crippen LogP contribution in [-0.4, -0.2) is 49.1 Å². The van der Waals surface area contributed by atoms with Gasteiger partial charge in [0, 0.05) is 29.9 Å². The average Bonchev–Trinajstić information content (AvgIpc) is 2.66. The fourth-order valence-corrected chi connectivity index (χ4v) is 4.07. The van der Waals surface area contributed by atoms with Crippen LogP contribution in [0.1, 0.15) is 13.8 Å². The molecule has 3 rings (SSSR count). The van der Waals surface area contributed by atoms with E-state index >= 15 is 0 Å². The van der Waals surface area contributed by atoms with Gasteiger partial charge in [-0.15, -0.1) is 0 Å². The summed E-state index contributed by atoms with van der Waals surface area (Å²) < 4.78 is 0. The molecule has 0 aliphatic carbocycles. The second kappa shape index (κ2) is 7.93. The Morgan fingerprint density at radius 3 is 1.96 bits per heavy atom. The first-order chi connectivity index (χ1) is 12.2. The Balaban J connectivity index is 1.87. The van der Waals surface area contributed by atoms with E-state index in [9.17, 15) is 4.79 Å². The largest absolute Gasteiger partial charge is 0.328 e. The molecule has 0 spiro atoms. The average molecular weight is 356 g/mol. The maximum atomic E-state index is 13.2. The summed E-state index contributed by atoms with van der Waals surface area (Å²) in [5.41, 5.74) is 1.93. The van der Waals surface area contributed by atoms with E-state index in [2.05, 4.69) is 30.9 Å². The molecule has 0 atom stereocenters. The van der Waals surface area contributed by atoms with Gasteiger partial charge in [0.2, 0.25) is 0 Å². The number of fused-ring (bicyclic) bond motifs is 2. The third-order valence-corrected chi connectivity index (χ3v) is 5.73. The molecule has 132 valence electrons. The molecule has 1 heterocycles. The minimum atomic E-state index is 0.0207. The number of carbonyl (C=O) groups excluding carboxylic acids is 1. The predicted octanol–water partition coefficient (Wildman–Crippen LogP) is 4.68. The van der Waals surface area contributed by atoms with Gasteiger partial charge in [0.25, 0.3) is 0 Å². The minimum absolute atomic E-state index is 0.0207. The molecule has 2 aromatic carbocycles. The first-order valence-electron chi connectivity index (χ1n) is 8.79. The molecule has 1 aliphatic heterocycles. The molecule has 0 fully saturated rings. The van der Waals surface area contributed by atoms with Crippen molar-refractivity contribution in [2.45, 2.75) is 23.6 Å². The number of hydrogen-bond donors (Lipinski definition) is 0. The second-order valence-electron chi connectivity index (χ2n) is 6.10. The first-order valence-corrected chi connectivity index (χ1v) is 9.60.